The van der Waals surface area contributed by atoms with E-state index in [0.717, 1.165) is 0 Å². The maximum Gasteiger partial charge on any atom is 0.342 e. The van der Waals surface area contributed by atoms with Crippen molar-refractivity contribution in [2.24, 2.45) is 9.98 Å². The van der Waals surface area contributed by atoms with Crippen molar-refractivity contribution in [3.05, 3.63) is 11.2 Å². The zero-order valence-electron chi connectivity index (χ0n) is 5.41. The second kappa shape index (κ2) is 2.17. The van der Waals surface area contributed by atoms with E-state index in [4.69, 9.17) is 11.6 Å². The van der Waals surface area contributed by atoms with Gasteiger partial charge in [0.2, 0.25) is 0 Å². The van der Waals surface area contributed by atoms with E-state index < -0.39 is 0 Å². The molecule has 2 heterocycles. The highest BCUT2D eigenvalue weighted by Crippen LogP contribution is 2.16. The molecule has 0 fully saturated rings. The van der Waals surface area contributed by atoms with Crippen molar-refractivity contribution in [3.63, 3.8) is 0 Å². The highest BCUT2D eigenvalue weighted by Gasteiger charge is 2.28. The van der Waals surface area contributed by atoms with E-state index in [1.165, 1.54) is 12.4 Å². The van der Waals surface area contributed by atoms with Crippen LogP contribution in [0.4, 0.5) is 4.79 Å². The third kappa shape index (κ3) is 0.952. The first kappa shape index (κ1) is 6.54. The Bertz CT molecular complexity index is 305. The van der Waals surface area contributed by atoms with Crippen LogP contribution in [0.15, 0.2) is 21.2 Å². The molecule has 0 spiro atoms. The number of amides is 2. The Labute approximate surface area is 67.7 Å². The standard InChI is InChI=1S/C6H4ClN3O/c7-3-1-8-2-4-5(3)10-6(11)9-4/h1-2,5H,(H,10,11). The van der Waals surface area contributed by atoms with E-state index in [2.05, 4.69) is 15.3 Å². The maximum atomic E-state index is 10.7. The summed E-state index contributed by atoms with van der Waals surface area (Å²) in [7, 11) is 0. The third-order valence-electron chi connectivity index (χ3n) is 1.47. The number of hydrogen-bond donors (Lipinski definition) is 1. The van der Waals surface area contributed by atoms with Crippen LogP contribution in [0.3, 0.4) is 0 Å². The van der Waals surface area contributed by atoms with Crippen LogP contribution in [-0.2, 0) is 0 Å². The van der Waals surface area contributed by atoms with Crippen LogP contribution in [0, 0.1) is 0 Å². The average Bonchev–Trinajstić information content (AvgIpc) is 2.31. The lowest BCUT2D eigenvalue weighted by molar-refractivity contribution is 0.251. The van der Waals surface area contributed by atoms with Crippen LogP contribution >= 0.6 is 11.6 Å². The molecule has 2 aliphatic heterocycles. The first-order valence-corrected chi connectivity index (χ1v) is 3.43. The van der Waals surface area contributed by atoms with Crippen LogP contribution < -0.4 is 5.32 Å². The van der Waals surface area contributed by atoms with Gasteiger partial charge in [-0.25, -0.2) is 4.79 Å². The second-order valence-corrected chi connectivity index (χ2v) is 2.65. The number of rotatable bonds is 0. The highest BCUT2D eigenvalue weighted by molar-refractivity contribution is 6.44. The molecule has 0 bridgehead atoms. The predicted molar refractivity (Wildman–Crippen MR) is 42.2 cm³/mol. The van der Waals surface area contributed by atoms with Gasteiger partial charge in [0, 0.05) is 6.20 Å². The smallest absolute Gasteiger partial charge is 0.323 e. The molecule has 0 aliphatic carbocycles. The summed E-state index contributed by atoms with van der Waals surface area (Å²) in [6.07, 6.45) is 3.02. The molecule has 0 aromatic carbocycles. The van der Waals surface area contributed by atoms with Crippen LogP contribution in [-0.4, -0.2) is 24.0 Å². The number of aliphatic imine (C=N–C) groups is 2. The second-order valence-electron chi connectivity index (χ2n) is 2.21. The Hall–Kier alpha value is -1.16. The van der Waals surface area contributed by atoms with Crippen molar-refractivity contribution in [3.8, 4) is 0 Å². The molecule has 2 rings (SSSR count). The van der Waals surface area contributed by atoms with E-state index in [-0.39, 0.29) is 12.1 Å². The summed E-state index contributed by atoms with van der Waals surface area (Å²) in [4.78, 5) is 18.2. The number of halogens is 1. The first-order valence-electron chi connectivity index (χ1n) is 3.05. The lowest BCUT2D eigenvalue weighted by Gasteiger charge is -2.10. The van der Waals surface area contributed by atoms with Crippen LogP contribution in [0.25, 0.3) is 0 Å². The minimum Gasteiger partial charge on any atom is -0.323 e. The summed E-state index contributed by atoms with van der Waals surface area (Å²) in [5, 5.41) is 3.07. The van der Waals surface area contributed by atoms with Crippen molar-refractivity contribution in [2.45, 2.75) is 6.04 Å². The Morgan fingerprint density at radius 1 is 1.64 bits per heavy atom. The number of carbonyl (C=O) groups is 1. The van der Waals surface area contributed by atoms with Gasteiger partial charge in [0.1, 0.15) is 6.04 Å². The van der Waals surface area contributed by atoms with Crippen molar-refractivity contribution < 1.29 is 4.79 Å². The van der Waals surface area contributed by atoms with Gasteiger partial charge in [0.25, 0.3) is 0 Å². The molecule has 4 nitrogen and oxygen atoms in total. The fourth-order valence-corrected chi connectivity index (χ4v) is 1.21. The number of nitrogens with zero attached hydrogens (tertiary/aromatic N) is 2. The Balaban J connectivity index is 2.40. The summed E-state index contributed by atoms with van der Waals surface area (Å²) in [6, 6.07) is -0.619. The minimum atomic E-state index is -0.357. The van der Waals surface area contributed by atoms with Crippen molar-refractivity contribution >= 4 is 29.6 Å². The van der Waals surface area contributed by atoms with Gasteiger partial charge in [-0.15, -0.1) is 0 Å². The highest BCUT2D eigenvalue weighted by atomic mass is 35.5. The van der Waals surface area contributed by atoms with Gasteiger partial charge in [-0.3, -0.25) is 4.99 Å². The minimum absolute atomic E-state index is 0.262. The maximum absolute atomic E-state index is 10.7. The zero-order valence-corrected chi connectivity index (χ0v) is 6.17. The lowest BCUT2D eigenvalue weighted by Crippen LogP contribution is -2.34. The lowest BCUT2D eigenvalue weighted by atomic mass is 10.2. The van der Waals surface area contributed by atoms with E-state index in [0.29, 0.717) is 10.7 Å². The largest absolute Gasteiger partial charge is 0.342 e. The zero-order chi connectivity index (χ0) is 7.84. The predicted octanol–water partition coefficient (Wildman–Crippen LogP) is 0.684. The quantitative estimate of drug-likeness (QED) is 0.570. The molecule has 1 atom stereocenters. The molecule has 1 N–H and O–H groups in total. The van der Waals surface area contributed by atoms with E-state index in [1.54, 1.807) is 0 Å². The van der Waals surface area contributed by atoms with Gasteiger partial charge < -0.3 is 5.32 Å². The van der Waals surface area contributed by atoms with E-state index in [9.17, 15) is 4.79 Å². The molecular formula is C6H4ClN3O. The number of fused-ring (bicyclic) bond motifs is 1. The molecular weight excluding hydrogens is 166 g/mol. The SMILES string of the molecule is O=C1N=C2C=NC=C(Cl)C2N1. The van der Waals surface area contributed by atoms with Crippen molar-refractivity contribution in [1.29, 1.82) is 0 Å². The van der Waals surface area contributed by atoms with Crippen LogP contribution in [0.1, 0.15) is 0 Å². The monoisotopic (exact) mass is 169 g/mol. The summed E-state index contributed by atoms with van der Waals surface area (Å²) >= 11 is 5.73. The van der Waals surface area contributed by atoms with Crippen LogP contribution in [0.5, 0.6) is 0 Å². The Kier molecular flexibility index (Phi) is 1.29. The molecule has 2 amide bonds. The molecule has 5 heteroatoms. The number of nitrogens with one attached hydrogen (secondary N) is 1. The fraction of sp³-hybridized carbons (Fsp3) is 0.167. The van der Waals surface area contributed by atoms with E-state index >= 15 is 0 Å². The third-order valence-corrected chi connectivity index (χ3v) is 1.79. The van der Waals surface area contributed by atoms with Crippen LogP contribution in [0.2, 0.25) is 0 Å². The molecule has 0 aromatic rings. The summed E-state index contributed by atoms with van der Waals surface area (Å²) < 4.78 is 0. The Morgan fingerprint density at radius 2 is 2.45 bits per heavy atom. The number of urea groups is 1. The topological polar surface area (TPSA) is 53.8 Å². The molecule has 11 heavy (non-hydrogen) atoms. The molecule has 56 valence electrons. The summed E-state index contributed by atoms with van der Waals surface area (Å²) in [6.45, 7) is 0. The summed E-state index contributed by atoms with van der Waals surface area (Å²) in [5.41, 5.74) is 0.586. The van der Waals surface area contributed by atoms with Gasteiger partial charge in [-0.2, -0.15) is 4.99 Å². The fourth-order valence-electron chi connectivity index (χ4n) is 0.984. The number of carbonyl (C=O) groups excluding carboxylic acids is 1. The summed E-state index contributed by atoms with van der Waals surface area (Å²) in [5.74, 6) is 0. The van der Waals surface area contributed by atoms with Gasteiger partial charge in [-0.1, -0.05) is 11.6 Å². The van der Waals surface area contributed by atoms with Crippen molar-refractivity contribution in [1.82, 2.24) is 5.32 Å². The number of hydrogen-bond acceptors (Lipinski definition) is 2. The van der Waals surface area contributed by atoms with Gasteiger partial charge in [-0.05, 0) is 0 Å². The van der Waals surface area contributed by atoms with Crippen molar-refractivity contribution in [2.75, 3.05) is 0 Å². The molecule has 1 unspecified atom stereocenters. The van der Waals surface area contributed by atoms with Gasteiger partial charge in [0.15, 0.2) is 0 Å². The molecule has 0 saturated carbocycles. The first-order chi connectivity index (χ1) is 5.27. The molecule has 0 saturated heterocycles. The molecule has 0 aromatic heterocycles. The van der Waals surface area contributed by atoms with Gasteiger partial charge in [0.05, 0.1) is 17.0 Å². The average molecular weight is 170 g/mol. The van der Waals surface area contributed by atoms with Gasteiger partial charge >= 0.3 is 6.03 Å². The molecule has 2 aliphatic rings. The normalized spacial score (nSPS) is 27.4. The van der Waals surface area contributed by atoms with E-state index in [1.807, 2.05) is 0 Å². The molecule has 0 radical (unpaired) electrons. The Morgan fingerprint density at radius 3 is 3.18 bits per heavy atom.